The fraction of sp³-hybridized carbons (Fsp3) is 0.143. The molecule has 0 saturated heterocycles. The number of hydrogen-bond acceptors (Lipinski definition) is 4. The maximum Gasteiger partial charge on any atom is 0.448 e. The van der Waals surface area contributed by atoms with Gasteiger partial charge in [-0.15, -0.1) is 0 Å². The van der Waals surface area contributed by atoms with E-state index >= 15 is 0 Å². The minimum atomic E-state index is -5.05. The normalized spacial score (nSPS) is 14.6. The highest BCUT2D eigenvalue weighted by atomic mass is 19.4. The maximum atomic E-state index is 13.2. The molecule has 12 heteroatoms. The summed E-state index contributed by atoms with van der Waals surface area (Å²) in [6.45, 7) is 0. The standard InChI is InChI=1S/C14H8F8N2O2/c15-7-5-9(23-3-1-11(25)13(17,18)19)10(6-8(7)16)24-4-2-12(26)14(20,21)22/h1-6,25-26H/b11-1-,12-2-,23-3+,24-4+. The number of alkyl halides is 6. The topological polar surface area (TPSA) is 65.2 Å². The lowest BCUT2D eigenvalue weighted by Crippen LogP contribution is -2.11. The van der Waals surface area contributed by atoms with E-state index in [0.717, 1.165) is 0 Å². The molecule has 0 aromatic heterocycles. The molecular formula is C14H8F8N2O2. The lowest BCUT2D eigenvalue weighted by atomic mass is 10.2. The average molecular weight is 388 g/mol. The molecule has 0 unspecified atom stereocenters. The van der Waals surface area contributed by atoms with Gasteiger partial charge in [-0.3, -0.25) is 9.98 Å². The Balaban J connectivity index is 3.20. The summed E-state index contributed by atoms with van der Waals surface area (Å²) >= 11 is 0. The Bertz CT molecular complexity index is 711. The predicted molar refractivity (Wildman–Crippen MR) is 76.2 cm³/mol. The van der Waals surface area contributed by atoms with Crippen LogP contribution in [0.1, 0.15) is 0 Å². The van der Waals surface area contributed by atoms with Gasteiger partial charge in [0.1, 0.15) is 0 Å². The fourth-order valence-corrected chi connectivity index (χ4v) is 1.30. The van der Waals surface area contributed by atoms with Crippen LogP contribution in [0.4, 0.5) is 46.5 Å². The highest BCUT2D eigenvalue weighted by Crippen LogP contribution is 2.30. The van der Waals surface area contributed by atoms with Gasteiger partial charge in [0.05, 0.1) is 11.4 Å². The van der Waals surface area contributed by atoms with Crippen molar-refractivity contribution in [1.29, 1.82) is 0 Å². The SMILES string of the molecule is O/C(=C\C=N\c1cc(F)c(F)cc1/N=C/C=C(\O)C(F)(F)F)C(F)(F)F. The monoisotopic (exact) mass is 388 g/mol. The van der Waals surface area contributed by atoms with Crippen molar-refractivity contribution in [3.8, 4) is 0 Å². The van der Waals surface area contributed by atoms with E-state index in [1.807, 2.05) is 0 Å². The van der Waals surface area contributed by atoms with Crippen LogP contribution in [0.2, 0.25) is 0 Å². The first kappa shape index (κ1) is 21.1. The molecule has 0 fully saturated rings. The number of rotatable bonds is 4. The summed E-state index contributed by atoms with van der Waals surface area (Å²) in [6, 6.07) is 0.842. The largest absolute Gasteiger partial charge is 0.504 e. The summed E-state index contributed by atoms with van der Waals surface area (Å²) in [5.41, 5.74) is -1.10. The summed E-state index contributed by atoms with van der Waals surface area (Å²) in [6.07, 6.45) is -9.08. The first-order chi connectivity index (χ1) is 11.8. The van der Waals surface area contributed by atoms with Gasteiger partial charge in [0.15, 0.2) is 23.2 Å². The molecule has 0 bridgehead atoms. The highest BCUT2D eigenvalue weighted by Gasteiger charge is 2.33. The second-order valence-electron chi connectivity index (χ2n) is 4.41. The van der Waals surface area contributed by atoms with Crippen molar-refractivity contribution in [2.45, 2.75) is 12.4 Å². The van der Waals surface area contributed by atoms with Crippen LogP contribution >= 0.6 is 0 Å². The van der Waals surface area contributed by atoms with Crippen molar-refractivity contribution in [2.24, 2.45) is 9.98 Å². The number of aliphatic hydroxyl groups excluding tert-OH is 2. The molecule has 4 nitrogen and oxygen atoms in total. The molecule has 1 aromatic rings. The molecule has 0 radical (unpaired) electrons. The van der Waals surface area contributed by atoms with Gasteiger partial charge in [0.2, 0.25) is 0 Å². The second-order valence-corrected chi connectivity index (χ2v) is 4.41. The van der Waals surface area contributed by atoms with Crippen LogP contribution in [0.25, 0.3) is 0 Å². The third kappa shape index (κ3) is 6.18. The highest BCUT2D eigenvalue weighted by molar-refractivity contribution is 5.81. The molecule has 0 aliphatic carbocycles. The van der Waals surface area contributed by atoms with E-state index in [4.69, 9.17) is 10.2 Å². The third-order valence-corrected chi connectivity index (χ3v) is 2.49. The first-order valence-electron chi connectivity index (χ1n) is 6.32. The Kier molecular flexibility index (Phi) is 6.48. The summed E-state index contributed by atoms with van der Waals surface area (Å²) in [7, 11) is 0. The molecule has 0 spiro atoms. The van der Waals surface area contributed by atoms with Crippen molar-refractivity contribution >= 4 is 23.8 Å². The molecule has 0 amide bonds. The van der Waals surface area contributed by atoms with Gasteiger partial charge in [0.25, 0.3) is 0 Å². The number of nitrogens with zero attached hydrogens (tertiary/aromatic N) is 2. The molecule has 1 aromatic carbocycles. The zero-order valence-electron chi connectivity index (χ0n) is 12.3. The molecule has 0 aliphatic heterocycles. The van der Waals surface area contributed by atoms with Crippen LogP contribution in [0, 0.1) is 11.6 Å². The zero-order valence-corrected chi connectivity index (χ0v) is 12.3. The third-order valence-electron chi connectivity index (χ3n) is 2.49. The van der Waals surface area contributed by atoms with E-state index in [1.54, 1.807) is 0 Å². The van der Waals surface area contributed by atoms with Gasteiger partial charge in [-0.05, 0) is 0 Å². The summed E-state index contributed by atoms with van der Waals surface area (Å²) < 4.78 is 98.8. The lowest BCUT2D eigenvalue weighted by molar-refractivity contribution is -0.120. The van der Waals surface area contributed by atoms with Crippen LogP contribution in [0.3, 0.4) is 0 Å². The number of aliphatic hydroxyl groups is 2. The predicted octanol–water partition coefficient (Wildman–Crippen LogP) is 5.38. The van der Waals surface area contributed by atoms with E-state index in [1.165, 1.54) is 0 Å². The molecule has 1 rings (SSSR count). The summed E-state index contributed by atoms with van der Waals surface area (Å²) in [4.78, 5) is 6.64. The molecule has 142 valence electrons. The molecule has 0 aliphatic rings. The molecule has 0 atom stereocenters. The van der Waals surface area contributed by atoms with Gasteiger partial charge >= 0.3 is 12.4 Å². The Morgan fingerprint density at radius 1 is 0.731 bits per heavy atom. The molecule has 26 heavy (non-hydrogen) atoms. The van der Waals surface area contributed by atoms with Gasteiger partial charge in [-0.25, -0.2) is 8.78 Å². The second kappa shape index (κ2) is 7.97. The molecule has 0 saturated carbocycles. The van der Waals surface area contributed by atoms with Gasteiger partial charge < -0.3 is 10.2 Å². The Hall–Kier alpha value is -2.92. The molecular weight excluding hydrogens is 380 g/mol. The quantitative estimate of drug-likeness (QED) is 0.413. The van der Waals surface area contributed by atoms with Crippen LogP contribution < -0.4 is 0 Å². The smallest absolute Gasteiger partial charge is 0.448 e. The maximum absolute atomic E-state index is 13.2. The number of halogens is 8. The zero-order chi connectivity index (χ0) is 20.1. The van der Waals surface area contributed by atoms with E-state index in [-0.39, 0.29) is 12.2 Å². The van der Waals surface area contributed by atoms with E-state index in [9.17, 15) is 35.1 Å². The van der Waals surface area contributed by atoms with Crippen LogP contribution in [0.15, 0.2) is 45.8 Å². The van der Waals surface area contributed by atoms with Crippen molar-refractivity contribution in [3.63, 3.8) is 0 Å². The average Bonchev–Trinajstić information content (AvgIpc) is 2.49. The van der Waals surface area contributed by atoms with Crippen molar-refractivity contribution in [3.05, 3.63) is 47.4 Å². The minimum absolute atomic E-state index is 0.115. The van der Waals surface area contributed by atoms with Gasteiger partial charge in [0, 0.05) is 36.7 Å². The lowest BCUT2D eigenvalue weighted by Gasteiger charge is -2.04. The van der Waals surface area contributed by atoms with Crippen molar-refractivity contribution < 1.29 is 45.3 Å². The Labute approximate surface area is 140 Å². The van der Waals surface area contributed by atoms with Crippen molar-refractivity contribution in [2.75, 3.05) is 0 Å². The number of aliphatic imine (C=N–C) groups is 2. The summed E-state index contributed by atoms with van der Waals surface area (Å²) in [5.74, 6) is -6.94. The Morgan fingerprint density at radius 2 is 1.04 bits per heavy atom. The Morgan fingerprint density at radius 3 is 1.31 bits per heavy atom. The van der Waals surface area contributed by atoms with E-state index in [0.29, 0.717) is 24.6 Å². The summed E-state index contributed by atoms with van der Waals surface area (Å²) in [5, 5.41) is 17.3. The van der Waals surface area contributed by atoms with Gasteiger partial charge in [-0.2, -0.15) is 26.3 Å². The van der Waals surface area contributed by atoms with E-state index < -0.39 is 46.9 Å². The molecule has 2 N–H and O–H groups in total. The van der Waals surface area contributed by atoms with Crippen LogP contribution in [-0.4, -0.2) is 35.0 Å². The number of benzene rings is 1. The molecule has 0 heterocycles. The van der Waals surface area contributed by atoms with Crippen LogP contribution in [0.5, 0.6) is 0 Å². The van der Waals surface area contributed by atoms with Crippen molar-refractivity contribution in [1.82, 2.24) is 0 Å². The minimum Gasteiger partial charge on any atom is -0.504 e. The van der Waals surface area contributed by atoms with Gasteiger partial charge in [-0.1, -0.05) is 0 Å². The fourth-order valence-electron chi connectivity index (χ4n) is 1.30. The first-order valence-corrected chi connectivity index (χ1v) is 6.32. The number of hydrogen-bond donors (Lipinski definition) is 2. The number of allylic oxidation sites excluding steroid dienone is 4. The van der Waals surface area contributed by atoms with E-state index in [2.05, 4.69) is 9.98 Å². The van der Waals surface area contributed by atoms with Crippen LogP contribution in [-0.2, 0) is 0 Å².